The van der Waals surface area contributed by atoms with Gasteiger partial charge < -0.3 is 15.4 Å². The summed E-state index contributed by atoms with van der Waals surface area (Å²) in [5, 5.41) is 15.1. The van der Waals surface area contributed by atoms with Gasteiger partial charge in [0, 0.05) is 17.8 Å². The Kier molecular flexibility index (Phi) is 5.57. The number of rotatable bonds is 8. The second-order valence-corrected chi connectivity index (χ2v) is 7.91. The summed E-state index contributed by atoms with van der Waals surface area (Å²) in [4.78, 5) is 11.9. The monoisotopic (exact) mass is 364 g/mol. The fourth-order valence-corrected chi connectivity index (χ4v) is 3.86. The summed E-state index contributed by atoms with van der Waals surface area (Å²) in [6.07, 6.45) is 2.45. The van der Waals surface area contributed by atoms with E-state index in [1.54, 1.807) is 7.11 Å². The molecule has 8 heteroatoms. The maximum Gasteiger partial charge on any atom is 0.230 e. The van der Waals surface area contributed by atoms with Crippen LogP contribution in [0.5, 0.6) is 5.75 Å². The largest absolute Gasteiger partial charge is 0.497 e. The summed E-state index contributed by atoms with van der Waals surface area (Å²) >= 11 is 2.84. The fraction of sp³-hybridized carbons (Fsp3) is 0.438. The van der Waals surface area contributed by atoms with E-state index in [0.717, 1.165) is 15.8 Å². The lowest BCUT2D eigenvalue weighted by molar-refractivity contribution is -0.119. The number of carbonyl (C=O) groups excluding carboxylic acids is 1. The van der Waals surface area contributed by atoms with Crippen LogP contribution in [-0.2, 0) is 4.79 Å². The van der Waals surface area contributed by atoms with Crippen LogP contribution < -0.4 is 15.4 Å². The van der Waals surface area contributed by atoms with Crippen molar-refractivity contribution < 1.29 is 9.53 Å². The Balaban J connectivity index is 1.48. The van der Waals surface area contributed by atoms with Crippen LogP contribution in [0, 0.1) is 5.92 Å². The molecule has 1 heterocycles. The average molecular weight is 364 g/mol. The standard InChI is InChI=1S/C16H20N4O2S2/c1-10(11-6-7-11)17-14(21)9-23-16-20-19-15(24-16)18-12-4-3-5-13(8-12)22-2/h3-5,8,10-11H,6-7,9H2,1-2H3,(H,17,21)(H,18,19). The highest BCUT2D eigenvalue weighted by Gasteiger charge is 2.28. The van der Waals surface area contributed by atoms with Crippen LogP contribution in [0.1, 0.15) is 19.8 Å². The molecule has 1 unspecified atom stereocenters. The minimum absolute atomic E-state index is 0.0527. The van der Waals surface area contributed by atoms with Crippen molar-refractivity contribution in [3.63, 3.8) is 0 Å². The van der Waals surface area contributed by atoms with E-state index in [0.29, 0.717) is 16.8 Å². The van der Waals surface area contributed by atoms with Crippen molar-refractivity contribution in [3.8, 4) is 5.75 Å². The van der Waals surface area contributed by atoms with Gasteiger partial charge in [0.25, 0.3) is 0 Å². The van der Waals surface area contributed by atoms with Crippen LogP contribution in [0.3, 0.4) is 0 Å². The third-order valence-electron chi connectivity index (χ3n) is 3.77. The molecule has 128 valence electrons. The van der Waals surface area contributed by atoms with E-state index in [1.165, 1.54) is 35.9 Å². The van der Waals surface area contributed by atoms with Crippen LogP contribution in [0.4, 0.5) is 10.8 Å². The molecular formula is C16H20N4O2S2. The Bertz CT molecular complexity index is 703. The molecule has 1 fully saturated rings. The number of aromatic nitrogens is 2. The van der Waals surface area contributed by atoms with Crippen molar-refractivity contribution in [3.05, 3.63) is 24.3 Å². The Hall–Kier alpha value is -1.80. The molecule has 1 aliphatic carbocycles. The molecular weight excluding hydrogens is 344 g/mol. The smallest absolute Gasteiger partial charge is 0.230 e. The molecule has 0 bridgehead atoms. The van der Waals surface area contributed by atoms with Gasteiger partial charge in [0.2, 0.25) is 11.0 Å². The van der Waals surface area contributed by atoms with Gasteiger partial charge in [-0.3, -0.25) is 4.79 Å². The maximum atomic E-state index is 11.9. The van der Waals surface area contributed by atoms with Crippen LogP contribution in [0.2, 0.25) is 0 Å². The van der Waals surface area contributed by atoms with Crippen LogP contribution >= 0.6 is 23.1 Å². The highest BCUT2D eigenvalue weighted by atomic mass is 32.2. The molecule has 6 nitrogen and oxygen atoms in total. The molecule has 2 aromatic rings. The number of hydrogen-bond acceptors (Lipinski definition) is 7. The quantitative estimate of drug-likeness (QED) is 0.700. The zero-order chi connectivity index (χ0) is 16.9. The molecule has 0 saturated heterocycles. The molecule has 0 radical (unpaired) electrons. The lowest BCUT2D eigenvalue weighted by atomic mass is 10.2. The van der Waals surface area contributed by atoms with Gasteiger partial charge in [0.05, 0.1) is 12.9 Å². The number of ether oxygens (including phenoxy) is 1. The Labute approximate surface area is 149 Å². The van der Waals surface area contributed by atoms with E-state index in [4.69, 9.17) is 4.74 Å². The van der Waals surface area contributed by atoms with Crippen LogP contribution in [-0.4, -0.2) is 35.0 Å². The van der Waals surface area contributed by atoms with E-state index >= 15 is 0 Å². The number of benzene rings is 1. The normalized spacial score (nSPS) is 14.9. The predicted octanol–water partition coefficient (Wildman–Crippen LogP) is 3.30. The van der Waals surface area contributed by atoms with Gasteiger partial charge in [0.1, 0.15) is 5.75 Å². The molecule has 0 aliphatic heterocycles. The molecule has 0 spiro atoms. The van der Waals surface area contributed by atoms with Gasteiger partial charge in [-0.05, 0) is 37.8 Å². The molecule has 1 aliphatic rings. The molecule has 24 heavy (non-hydrogen) atoms. The fourth-order valence-electron chi connectivity index (χ4n) is 2.28. The number of hydrogen-bond donors (Lipinski definition) is 2. The number of thioether (sulfide) groups is 1. The zero-order valence-corrected chi connectivity index (χ0v) is 15.2. The molecule has 3 rings (SSSR count). The van der Waals surface area contributed by atoms with Crippen molar-refractivity contribution in [2.45, 2.75) is 30.1 Å². The first-order chi connectivity index (χ1) is 11.6. The van der Waals surface area contributed by atoms with Crippen molar-refractivity contribution in [2.75, 3.05) is 18.2 Å². The molecule has 1 amide bonds. The number of nitrogens with zero attached hydrogens (tertiary/aromatic N) is 2. The summed E-state index contributed by atoms with van der Waals surface area (Å²) < 4.78 is 5.97. The Morgan fingerprint density at radius 1 is 1.46 bits per heavy atom. The summed E-state index contributed by atoms with van der Waals surface area (Å²) in [7, 11) is 1.63. The third kappa shape index (κ3) is 4.85. The number of nitrogens with one attached hydrogen (secondary N) is 2. The predicted molar refractivity (Wildman–Crippen MR) is 97.2 cm³/mol. The van der Waals surface area contributed by atoms with E-state index in [2.05, 4.69) is 27.8 Å². The SMILES string of the molecule is COc1cccc(Nc2nnc(SCC(=O)NC(C)C3CC3)s2)c1. The van der Waals surface area contributed by atoms with Crippen molar-refractivity contribution in [1.29, 1.82) is 0 Å². The lowest BCUT2D eigenvalue weighted by Gasteiger charge is -2.11. The van der Waals surface area contributed by atoms with Gasteiger partial charge in [-0.25, -0.2) is 0 Å². The minimum Gasteiger partial charge on any atom is -0.497 e. The highest BCUT2D eigenvalue weighted by molar-refractivity contribution is 8.01. The molecule has 1 aromatic heterocycles. The highest BCUT2D eigenvalue weighted by Crippen LogP contribution is 2.32. The zero-order valence-electron chi connectivity index (χ0n) is 13.6. The second kappa shape index (κ2) is 7.85. The van der Waals surface area contributed by atoms with E-state index in [1.807, 2.05) is 24.3 Å². The van der Waals surface area contributed by atoms with E-state index in [-0.39, 0.29) is 11.9 Å². The van der Waals surface area contributed by atoms with Crippen LogP contribution in [0.25, 0.3) is 0 Å². The van der Waals surface area contributed by atoms with Crippen molar-refractivity contribution in [2.24, 2.45) is 5.92 Å². The van der Waals surface area contributed by atoms with E-state index < -0.39 is 0 Å². The first-order valence-electron chi connectivity index (χ1n) is 7.81. The molecule has 2 N–H and O–H groups in total. The minimum atomic E-state index is 0.0527. The summed E-state index contributed by atoms with van der Waals surface area (Å²) in [6, 6.07) is 7.89. The third-order valence-corrected chi connectivity index (χ3v) is 5.74. The average Bonchev–Trinajstić information content (AvgIpc) is 3.34. The number of carbonyl (C=O) groups is 1. The Morgan fingerprint density at radius 3 is 3.04 bits per heavy atom. The topological polar surface area (TPSA) is 76.1 Å². The van der Waals surface area contributed by atoms with Gasteiger partial charge >= 0.3 is 0 Å². The van der Waals surface area contributed by atoms with E-state index in [9.17, 15) is 4.79 Å². The summed E-state index contributed by atoms with van der Waals surface area (Å²) in [5.41, 5.74) is 0.887. The molecule has 1 aromatic carbocycles. The number of methoxy groups -OCH3 is 1. The maximum absolute atomic E-state index is 11.9. The van der Waals surface area contributed by atoms with Gasteiger partial charge in [0.15, 0.2) is 4.34 Å². The first kappa shape index (κ1) is 17.0. The molecule has 1 saturated carbocycles. The lowest BCUT2D eigenvalue weighted by Crippen LogP contribution is -2.35. The Morgan fingerprint density at radius 2 is 2.29 bits per heavy atom. The number of anilines is 2. The van der Waals surface area contributed by atoms with Crippen LogP contribution in [0.15, 0.2) is 28.6 Å². The van der Waals surface area contributed by atoms with Crippen molar-refractivity contribution >= 4 is 39.8 Å². The summed E-state index contributed by atoms with van der Waals surface area (Å²) in [6.45, 7) is 2.07. The van der Waals surface area contributed by atoms with Gasteiger partial charge in [-0.1, -0.05) is 29.2 Å². The first-order valence-corrected chi connectivity index (χ1v) is 9.61. The van der Waals surface area contributed by atoms with Gasteiger partial charge in [-0.2, -0.15) is 0 Å². The van der Waals surface area contributed by atoms with Crippen molar-refractivity contribution in [1.82, 2.24) is 15.5 Å². The van der Waals surface area contributed by atoms with Gasteiger partial charge in [-0.15, -0.1) is 10.2 Å². The summed E-state index contributed by atoms with van der Waals surface area (Å²) in [5.74, 6) is 1.86. The molecule has 1 atom stereocenters. The number of amides is 1. The second-order valence-electron chi connectivity index (χ2n) is 5.71.